The standard InChI is InChI=1S/C17H20N2O3S/c1-19(2)11-13-6-4-12(5-7-13)10-18-16(20)14-8-9-15(23-14)17(21)22-3/h4-9H,10-11H2,1-3H3,(H,18,20). The Kier molecular flexibility index (Phi) is 5.90. The Morgan fingerprint density at radius 2 is 1.65 bits per heavy atom. The molecule has 1 heterocycles. The molecule has 0 unspecified atom stereocenters. The van der Waals surface area contributed by atoms with E-state index in [1.165, 1.54) is 12.7 Å². The van der Waals surface area contributed by atoms with Crippen LogP contribution in [0.4, 0.5) is 0 Å². The van der Waals surface area contributed by atoms with Gasteiger partial charge in [-0.2, -0.15) is 0 Å². The lowest BCUT2D eigenvalue weighted by atomic mass is 10.1. The monoisotopic (exact) mass is 332 g/mol. The van der Waals surface area contributed by atoms with Crippen LogP contribution in [-0.4, -0.2) is 38.0 Å². The van der Waals surface area contributed by atoms with Crippen molar-refractivity contribution in [1.29, 1.82) is 0 Å². The molecule has 0 aliphatic carbocycles. The van der Waals surface area contributed by atoms with Crippen LogP contribution >= 0.6 is 11.3 Å². The van der Waals surface area contributed by atoms with Crippen LogP contribution in [0.3, 0.4) is 0 Å². The van der Waals surface area contributed by atoms with Crippen LogP contribution in [0.1, 0.15) is 30.5 Å². The minimum atomic E-state index is -0.425. The predicted molar refractivity (Wildman–Crippen MR) is 90.7 cm³/mol. The van der Waals surface area contributed by atoms with Crippen molar-refractivity contribution in [2.75, 3.05) is 21.2 Å². The molecule has 0 radical (unpaired) electrons. The third-order valence-electron chi connectivity index (χ3n) is 3.19. The molecule has 0 saturated carbocycles. The fraction of sp³-hybridized carbons (Fsp3) is 0.294. The first-order valence-corrected chi connectivity index (χ1v) is 8.00. The lowest BCUT2D eigenvalue weighted by Gasteiger charge is -2.10. The highest BCUT2D eigenvalue weighted by Gasteiger charge is 2.13. The van der Waals surface area contributed by atoms with Gasteiger partial charge in [0.15, 0.2) is 0 Å². The van der Waals surface area contributed by atoms with Crippen LogP contribution in [0.5, 0.6) is 0 Å². The van der Waals surface area contributed by atoms with Crippen molar-refractivity contribution >= 4 is 23.2 Å². The summed E-state index contributed by atoms with van der Waals surface area (Å²) in [6.07, 6.45) is 0. The number of nitrogens with zero attached hydrogens (tertiary/aromatic N) is 1. The van der Waals surface area contributed by atoms with Crippen LogP contribution < -0.4 is 5.32 Å². The van der Waals surface area contributed by atoms with E-state index in [-0.39, 0.29) is 5.91 Å². The topological polar surface area (TPSA) is 58.6 Å². The number of rotatable bonds is 6. The van der Waals surface area contributed by atoms with Gasteiger partial charge in [0.05, 0.1) is 12.0 Å². The third kappa shape index (κ3) is 4.91. The van der Waals surface area contributed by atoms with E-state index in [4.69, 9.17) is 0 Å². The molecule has 1 N–H and O–H groups in total. The number of thiophene rings is 1. The summed E-state index contributed by atoms with van der Waals surface area (Å²) in [4.78, 5) is 26.5. The van der Waals surface area contributed by atoms with E-state index in [1.807, 2.05) is 26.2 Å². The van der Waals surface area contributed by atoms with Gasteiger partial charge in [-0.15, -0.1) is 11.3 Å². The van der Waals surface area contributed by atoms with E-state index in [9.17, 15) is 9.59 Å². The number of carbonyl (C=O) groups is 2. The summed E-state index contributed by atoms with van der Waals surface area (Å²) in [6, 6.07) is 11.4. The summed E-state index contributed by atoms with van der Waals surface area (Å²) in [7, 11) is 5.37. The van der Waals surface area contributed by atoms with Crippen molar-refractivity contribution in [3.8, 4) is 0 Å². The first kappa shape index (κ1) is 17.2. The maximum atomic E-state index is 12.1. The fourth-order valence-electron chi connectivity index (χ4n) is 2.07. The molecule has 2 aromatic rings. The molecular formula is C17H20N2O3S. The second kappa shape index (κ2) is 7.89. The number of nitrogens with one attached hydrogen (secondary N) is 1. The number of esters is 1. The van der Waals surface area contributed by atoms with Gasteiger partial charge < -0.3 is 15.0 Å². The van der Waals surface area contributed by atoms with Crippen LogP contribution in [0.15, 0.2) is 36.4 Å². The summed E-state index contributed by atoms with van der Waals surface area (Å²) >= 11 is 1.13. The van der Waals surface area contributed by atoms with Crippen molar-refractivity contribution in [3.63, 3.8) is 0 Å². The van der Waals surface area contributed by atoms with Crippen LogP contribution in [0.25, 0.3) is 0 Å². The largest absolute Gasteiger partial charge is 0.465 e. The normalized spacial score (nSPS) is 10.6. The van der Waals surface area contributed by atoms with Crippen LogP contribution in [-0.2, 0) is 17.8 Å². The van der Waals surface area contributed by atoms with Gasteiger partial charge in [-0.25, -0.2) is 4.79 Å². The molecule has 122 valence electrons. The molecule has 1 amide bonds. The quantitative estimate of drug-likeness (QED) is 0.826. The van der Waals surface area contributed by atoms with Crippen LogP contribution in [0, 0.1) is 0 Å². The maximum absolute atomic E-state index is 12.1. The minimum absolute atomic E-state index is 0.192. The average molecular weight is 332 g/mol. The average Bonchev–Trinajstić information content (AvgIpc) is 3.02. The first-order chi connectivity index (χ1) is 11.0. The second-order valence-corrected chi connectivity index (χ2v) is 6.48. The number of methoxy groups -OCH3 is 1. The molecule has 2 rings (SSSR count). The molecule has 1 aromatic heterocycles. The molecule has 1 aromatic carbocycles. The van der Waals surface area contributed by atoms with Crippen molar-refractivity contribution in [2.24, 2.45) is 0 Å². The van der Waals surface area contributed by atoms with Crippen molar-refractivity contribution in [1.82, 2.24) is 10.2 Å². The van der Waals surface area contributed by atoms with Crippen molar-refractivity contribution in [2.45, 2.75) is 13.1 Å². The molecule has 0 spiro atoms. The smallest absolute Gasteiger partial charge is 0.348 e. The number of hydrogen-bond donors (Lipinski definition) is 1. The van der Waals surface area contributed by atoms with E-state index >= 15 is 0 Å². The first-order valence-electron chi connectivity index (χ1n) is 7.18. The Bertz CT molecular complexity index is 677. The van der Waals surface area contributed by atoms with Gasteiger partial charge in [0.2, 0.25) is 0 Å². The van der Waals surface area contributed by atoms with Gasteiger partial charge in [0.1, 0.15) is 4.88 Å². The molecule has 5 nitrogen and oxygen atoms in total. The van der Waals surface area contributed by atoms with Crippen molar-refractivity contribution < 1.29 is 14.3 Å². The Morgan fingerprint density at radius 1 is 1.04 bits per heavy atom. The molecule has 0 fully saturated rings. The molecule has 0 bridgehead atoms. The number of amides is 1. The Balaban J connectivity index is 1.91. The number of carbonyl (C=O) groups excluding carboxylic acids is 2. The van der Waals surface area contributed by atoms with Gasteiger partial charge in [-0.3, -0.25) is 4.79 Å². The lowest BCUT2D eigenvalue weighted by Crippen LogP contribution is -2.21. The summed E-state index contributed by atoms with van der Waals surface area (Å²) in [5, 5.41) is 2.85. The van der Waals surface area contributed by atoms with Gasteiger partial charge in [0.25, 0.3) is 5.91 Å². The zero-order chi connectivity index (χ0) is 16.8. The van der Waals surface area contributed by atoms with Gasteiger partial charge >= 0.3 is 5.97 Å². The Morgan fingerprint density at radius 3 is 2.26 bits per heavy atom. The zero-order valence-corrected chi connectivity index (χ0v) is 14.3. The van der Waals surface area contributed by atoms with E-state index < -0.39 is 5.97 Å². The Hall–Kier alpha value is -2.18. The molecule has 0 saturated heterocycles. The summed E-state index contributed by atoms with van der Waals surface area (Å²) < 4.78 is 4.63. The van der Waals surface area contributed by atoms with Gasteiger partial charge in [-0.1, -0.05) is 24.3 Å². The van der Waals surface area contributed by atoms with E-state index in [2.05, 4.69) is 27.1 Å². The molecule has 0 aliphatic heterocycles. The second-order valence-electron chi connectivity index (χ2n) is 5.39. The maximum Gasteiger partial charge on any atom is 0.348 e. The molecule has 0 atom stereocenters. The highest BCUT2D eigenvalue weighted by molar-refractivity contribution is 7.15. The highest BCUT2D eigenvalue weighted by Crippen LogP contribution is 2.17. The predicted octanol–water partition coefficient (Wildman–Crippen LogP) is 2.53. The number of ether oxygens (including phenoxy) is 1. The fourth-order valence-corrected chi connectivity index (χ4v) is 2.91. The summed E-state index contributed by atoms with van der Waals surface area (Å²) in [5.74, 6) is -0.618. The van der Waals surface area contributed by atoms with E-state index in [0.717, 1.165) is 23.4 Å². The molecule has 6 heteroatoms. The summed E-state index contributed by atoms with van der Waals surface area (Å²) in [6.45, 7) is 1.34. The minimum Gasteiger partial charge on any atom is -0.465 e. The Labute approximate surface area is 139 Å². The SMILES string of the molecule is COC(=O)c1ccc(C(=O)NCc2ccc(CN(C)C)cc2)s1. The number of hydrogen-bond acceptors (Lipinski definition) is 5. The van der Waals surface area contributed by atoms with E-state index in [0.29, 0.717) is 16.3 Å². The highest BCUT2D eigenvalue weighted by atomic mass is 32.1. The van der Waals surface area contributed by atoms with E-state index in [1.54, 1.807) is 12.1 Å². The van der Waals surface area contributed by atoms with Gasteiger partial charge in [0, 0.05) is 13.1 Å². The lowest BCUT2D eigenvalue weighted by molar-refractivity contribution is 0.0606. The molecular weight excluding hydrogens is 312 g/mol. The van der Waals surface area contributed by atoms with Crippen molar-refractivity contribution in [3.05, 3.63) is 57.3 Å². The van der Waals surface area contributed by atoms with Crippen LogP contribution in [0.2, 0.25) is 0 Å². The third-order valence-corrected chi connectivity index (χ3v) is 4.26. The number of benzene rings is 1. The molecule has 0 aliphatic rings. The summed E-state index contributed by atoms with van der Waals surface area (Å²) in [5.41, 5.74) is 2.26. The zero-order valence-electron chi connectivity index (χ0n) is 13.5. The van der Waals surface area contributed by atoms with Gasteiger partial charge in [-0.05, 0) is 37.4 Å². The molecule has 23 heavy (non-hydrogen) atoms.